The van der Waals surface area contributed by atoms with Gasteiger partial charge in [-0.25, -0.2) is 0 Å². The predicted molar refractivity (Wildman–Crippen MR) is 77.0 cm³/mol. The first-order valence-electron chi connectivity index (χ1n) is 6.69. The second kappa shape index (κ2) is 4.67. The lowest BCUT2D eigenvalue weighted by Gasteiger charge is -2.17. The molecule has 1 aliphatic heterocycles. The Balaban J connectivity index is 1.98. The lowest BCUT2D eigenvalue weighted by molar-refractivity contribution is 0.0789. The normalized spacial score (nSPS) is 22.9. The Morgan fingerprint density at radius 3 is 2.63 bits per heavy atom. The first-order valence-corrected chi connectivity index (χ1v) is 6.69. The minimum Gasteiger partial charge on any atom is -0.337 e. The highest BCUT2D eigenvalue weighted by molar-refractivity contribution is 6.07. The van der Waals surface area contributed by atoms with E-state index >= 15 is 0 Å². The second-order valence-corrected chi connectivity index (χ2v) is 5.38. The van der Waals surface area contributed by atoms with Crippen molar-refractivity contribution < 1.29 is 4.79 Å². The molecule has 1 heterocycles. The summed E-state index contributed by atoms with van der Waals surface area (Å²) in [5, 5.41) is 2.12. The van der Waals surface area contributed by atoms with Crippen molar-refractivity contribution in [3.8, 4) is 0 Å². The molecule has 2 unspecified atom stereocenters. The highest BCUT2D eigenvalue weighted by atomic mass is 16.2. The molecule has 2 atom stereocenters. The van der Waals surface area contributed by atoms with Gasteiger partial charge in [-0.15, -0.1) is 0 Å². The summed E-state index contributed by atoms with van der Waals surface area (Å²) >= 11 is 0. The number of rotatable bonds is 1. The Bertz CT molecular complexity index is 608. The van der Waals surface area contributed by atoms with Gasteiger partial charge in [0.2, 0.25) is 0 Å². The number of hydrogen-bond acceptors (Lipinski definition) is 2. The summed E-state index contributed by atoms with van der Waals surface area (Å²) in [6, 6.07) is 14.0. The molecule has 1 amide bonds. The van der Waals surface area contributed by atoms with E-state index in [1.807, 2.05) is 47.4 Å². The van der Waals surface area contributed by atoms with Crippen molar-refractivity contribution in [3.05, 3.63) is 48.0 Å². The summed E-state index contributed by atoms with van der Waals surface area (Å²) in [6.07, 6.45) is 0. The van der Waals surface area contributed by atoms with Gasteiger partial charge in [0.25, 0.3) is 5.91 Å². The van der Waals surface area contributed by atoms with Gasteiger partial charge in [0.05, 0.1) is 0 Å². The molecule has 2 aromatic rings. The van der Waals surface area contributed by atoms with Crippen LogP contribution in [0.25, 0.3) is 10.8 Å². The standard InChI is InChI=1S/C16H18N2O/c1-11-9-18(10-15(11)17)16(19)14-8-4-6-12-5-2-3-7-13(12)14/h2-8,11,15H,9-10,17H2,1H3. The maximum absolute atomic E-state index is 12.6. The van der Waals surface area contributed by atoms with E-state index in [9.17, 15) is 4.79 Å². The van der Waals surface area contributed by atoms with Gasteiger partial charge >= 0.3 is 0 Å². The molecule has 0 saturated carbocycles. The van der Waals surface area contributed by atoms with Crippen molar-refractivity contribution in [2.24, 2.45) is 11.7 Å². The Labute approximate surface area is 113 Å². The summed E-state index contributed by atoms with van der Waals surface area (Å²) in [7, 11) is 0. The van der Waals surface area contributed by atoms with E-state index in [1.54, 1.807) is 0 Å². The third-order valence-electron chi connectivity index (χ3n) is 3.98. The number of hydrogen-bond donors (Lipinski definition) is 1. The lowest BCUT2D eigenvalue weighted by Crippen LogP contribution is -2.32. The summed E-state index contributed by atoms with van der Waals surface area (Å²) in [4.78, 5) is 14.5. The van der Waals surface area contributed by atoms with Gasteiger partial charge in [0, 0.05) is 24.7 Å². The molecule has 1 saturated heterocycles. The number of fused-ring (bicyclic) bond motifs is 1. The minimum atomic E-state index is 0.0941. The van der Waals surface area contributed by atoms with Crippen molar-refractivity contribution in [2.75, 3.05) is 13.1 Å². The van der Waals surface area contributed by atoms with Crippen LogP contribution >= 0.6 is 0 Å². The third-order valence-corrected chi connectivity index (χ3v) is 3.98. The topological polar surface area (TPSA) is 46.3 Å². The number of amides is 1. The van der Waals surface area contributed by atoms with Gasteiger partial charge in [-0.05, 0) is 22.8 Å². The molecule has 2 N–H and O–H groups in total. The number of benzene rings is 2. The molecular formula is C16H18N2O. The van der Waals surface area contributed by atoms with Crippen LogP contribution < -0.4 is 5.73 Å². The van der Waals surface area contributed by atoms with E-state index in [1.165, 1.54) is 0 Å². The summed E-state index contributed by atoms with van der Waals surface area (Å²) in [5.74, 6) is 0.468. The maximum Gasteiger partial charge on any atom is 0.254 e. The fourth-order valence-electron chi connectivity index (χ4n) is 2.74. The number of nitrogens with zero attached hydrogens (tertiary/aromatic N) is 1. The van der Waals surface area contributed by atoms with Crippen LogP contribution in [0, 0.1) is 5.92 Å². The average Bonchev–Trinajstić information content (AvgIpc) is 2.77. The molecule has 0 bridgehead atoms. The lowest BCUT2D eigenvalue weighted by atomic mass is 10.0. The summed E-state index contributed by atoms with van der Waals surface area (Å²) < 4.78 is 0. The van der Waals surface area contributed by atoms with Crippen LogP contribution in [0.5, 0.6) is 0 Å². The SMILES string of the molecule is CC1CN(C(=O)c2cccc3ccccc23)CC1N. The van der Waals surface area contributed by atoms with E-state index in [4.69, 9.17) is 5.73 Å². The van der Waals surface area contributed by atoms with E-state index in [-0.39, 0.29) is 11.9 Å². The smallest absolute Gasteiger partial charge is 0.254 e. The first-order chi connectivity index (χ1) is 9.16. The van der Waals surface area contributed by atoms with Crippen molar-refractivity contribution in [2.45, 2.75) is 13.0 Å². The van der Waals surface area contributed by atoms with Gasteiger partial charge in [-0.1, -0.05) is 43.3 Å². The average molecular weight is 254 g/mol. The van der Waals surface area contributed by atoms with Gasteiger partial charge in [0.15, 0.2) is 0 Å². The van der Waals surface area contributed by atoms with E-state index in [0.29, 0.717) is 12.5 Å². The summed E-state index contributed by atoms with van der Waals surface area (Å²) in [5.41, 5.74) is 6.78. The van der Waals surface area contributed by atoms with Crippen LogP contribution in [0.4, 0.5) is 0 Å². The fourth-order valence-corrected chi connectivity index (χ4v) is 2.74. The molecule has 3 nitrogen and oxygen atoms in total. The largest absolute Gasteiger partial charge is 0.337 e. The Kier molecular flexibility index (Phi) is 2.99. The van der Waals surface area contributed by atoms with Gasteiger partial charge in [-0.3, -0.25) is 4.79 Å². The zero-order valence-corrected chi connectivity index (χ0v) is 11.0. The molecule has 3 rings (SSSR count). The monoisotopic (exact) mass is 254 g/mol. The van der Waals surface area contributed by atoms with Crippen molar-refractivity contribution >= 4 is 16.7 Å². The zero-order valence-electron chi connectivity index (χ0n) is 11.0. The predicted octanol–water partition coefficient (Wildman–Crippen LogP) is 2.26. The summed E-state index contributed by atoms with van der Waals surface area (Å²) in [6.45, 7) is 3.51. The third kappa shape index (κ3) is 2.10. The van der Waals surface area contributed by atoms with Gasteiger partial charge < -0.3 is 10.6 Å². The van der Waals surface area contributed by atoms with Crippen LogP contribution in [-0.2, 0) is 0 Å². The van der Waals surface area contributed by atoms with Gasteiger partial charge in [0.1, 0.15) is 0 Å². The Hall–Kier alpha value is -1.87. The molecule has 19 heavy (non-hydrogen) atoms. The van der Waals surface area contributed by atoms with Crippen molar-refractivity contribution in [3.63, 3.8) is 0 Å². The fraction of sp³-hybridized carbons (Fsp3) is 0.312. The Morgan fingerprint density at radius 2 is 1.89 bits per heavy atom. The first kappa shape index (κ1) is 12.2. The van der Waals surface area contributed by atoms with Crippen LogP contribution in [-0.4, -0.2) is 29.9 Å². The molecular weight excluding hydrogens is 236 g/mol. The van der Waals surface area contributed by atoms with Crippen LogP contribution in [0.15, 0.2) is 42.5 Å². The number of carbonyl (C=O) groups excluding carboxylic acids is 1. The zero-order chi connectivity index (χ0) is 13.4. The quantitative estimate of drug-likeness (QED) is 0.848. The molecule has 0 aromatic heterocycles. The highest BCUT2D eigenvalue weighted by Gasteiger charge is 2.30. The number of carbonyl (C=O) groups is 1. The van der Waals surface area contributed by atoms with E-state index in [0.717, 1.165) is 22.9 Å². The molecule has 0 aliphatic carbocycles. The molecule has 1 aliphatic rings. The highest BCUT2D eigenvalue weighted by Crippen LogP contribution is 2.23. The van der Waals surface area contributed by atoms with Crippen LogP contribution in [0.3, 0.4) is 0 Å². The Morgan fingerprint density at radius 1 is 1.16 bits per heavy atom. The van der Waals surface area contributed by atoms with E-state index in [2.05, 4.69) is 6.92 Å². The van der Waals surface area contributed by atoms with Crippen molar-refractivity contribution in [1.29, 1.82) is 0 Å². The second-order valence-electron chi connectivity index (χ2n) is 5.38. The van der Waals surface area contributed by atoms with Crippen LogP contribution in [0.2, 0.25) is 0 Å². The molecule has 2 aromatic carbocycles. The molecule has 0 radical (unpaired) electrons. The van der Waals surface area contributed by atoms with E-state index < -0.39 is 0 Å². The maximum atomic E-state index is 12.6. The van der Waals surface area contributed by atoms with Crippen molar-refractivity contribution in [1.82, 2.24) is 4.90 Å². The number of nitrogens with two attached hydrogens (primary N) is 1. The molecule has 0 spiro atoms. The van der Waals surface area contributed by atoms with Crippen LogP contribution in [0.1, 0.15) is 17.3 Å². The molecule has 98 valence electrons. The number of likely N-dealkylation sites (tertiary alicyclic amines) is 1. The molecule has 3 heteroatoms. The van der Waals surface area contributed by atoms with Gasteiger partial charge in [-0.2, -0.15) is 0 Å². The minimum absolute atomic E-state index is 0.0941. The molecule has 1 fully saturated rings.